The third-order valence-corrected chi connectivity index (χ3v) is 5.30. The summed E-state index contributed by atoms with van der Waals surface area (Å²) in [4.78, 5) is 16.1. The van der Waals surface area contributed by atoms with E-state index < -0.39 is 11.7 Å². The minimum absolute atomic E-state index is 0.0512. The molecule has 2 aliphatic rings. The minimum Gasteiger partial charge on any atom is -0.481 e. The summed E-state index contributed by atoms with van der Waals surface area (Å²) >= 11 is 0. The quantitative estimate of drug-likeness (QED) is 0.735. The normalized spacial score (nSPS) is 22.1. The minimum atomic E-state index is -2.61. The van der Waals surface area contributed by atoms with Crippen LogP contribution in [-0.4, -0.2) is 43.1 Å². The van der Waals surface area contributed by atoms with Crippen LogP contribution in [-0.2, 0) is 11.3 Å². The third kappa shape index (κ3) is 5.27. The Balaban J connectivity index is 1.57. The Labute approximate surface area is 162 Å². The molecule has 1 amide bonds. The van der Waals surface area contributed by atoms with E-state index in [-0.39, 0.29) is 55.6 Å². The number of halogens is 3. The zero-order chi connectivity index (χ0) is 20.1. The van der Waals surface area contributed by atoms with E-state index in [1.165, 1.54) is 13.2 Å². The van der Waals surface area contributed by atoms with Gasteiger partial charge in [0.25, 0.3) is 5.88 Å². The number of nitrogens with zero attached hydrogens (tertiary/aromatic N) is 1. The number of carbonyl (C=O) groups excluding carboxylic acids is 1. The SMILES string of the molecule is COc1nc(OCC2CCC(F)(F)CC2)c(F)cc1CNC(=O)C1CCCN1. The monoisotopic (exact) mass is 401 g/mol. The van der Waals surface area contributed by atoms with Crippen LogP contribution in [0.15, 0.2) is 6.07 Å². The van der Waals surface area contributed by atoms with Crippen molar-refractivity contribution in [3.63, 3.8) is 0 Å². The Bertz CT molecular complexity index is 686. The second kappa shape index (κ2) is 8.98. The van der Waals surface area contributed by atoms with Gasteiger partial charge in [-0.25, -0.2) is 13.2 Å². The molecule has 2 N–H and O–H groups in total. The van der Waals surface area contributed by atoms with Crippen molar-refractivity contribution in [2.45, 2.75) is 57.0 Å². The van der Waals surface area contributed by atoms with Crippen LogP contribution in [0.4, 0.5) is 13.2 Å². The van der Waals surface area contributed by atoms with Crippen LogP contribution in [0, 0.1) is 11.7 Å². The van der Waals surface area contributed by atoms with Gasteiger partial charge in [-0.1, -0.05) is 0 Å². The number of alkyl halides is 2. The smallest absolute Gasteiger partial charge is 0.253 e. The maximum Gasteiger partial charge on any atom is 0.253 e. The summed E-state index contributed by atoms with van der Waals surface area (Å²) in [5, 5.41) is 5.85. The Kier molecular flexibility index (Phi) is 6.64. The van der Waals surface area contributed by atoms with Gasteiger partial charge in [-0.2, -0.15) is 4.98 Å². The average Bonchev–Trinajstić information content (AvgIpc) is 3.21. The second-order valence-electron chi connectivity index (χ2n) is 7.42. The Morgan fingerprint density at radius 3 is 2.71 bits per heavy atom. The summed E-state index contributed by atoms with van der Waals surface area (Å²) in [5.74, 6) is -3.54. The van der Waals surface area contributed by atoms with E-state index in [2.05, 4.69) is 15.6 Å². The standard InChI is InChI=1S/C19H26F3N3O3/c1-27-17-13(10-24-16(26)15-3-2-8-23-15)9-14(20)18(25-17)28-11-12-4-6-19(21,22)7-5-12/h9,12,15,23H,2-8,10-11H2,1H3,(H,24,26). The molecular formula is C19H26F3N3O3. The van der Waals surface area contributed by atoms with Gasteiger partial charge >= 0.3 is 0 Å². The van der Waals surface area contributed by atoms with Gasteiger partial charge in [0.2, 0.25) is 17.7 Å². The fourth-order valence-electron chi connectivity index (χ4n) is 3.58. The summed E-state index contributed by atoms with van der Waals surface area (Å²) in [7, 11) is 1.40. The molecule has 1 aromatic heterocycles. The topological polar surface area (TPSA) is 72.5 Å². The highest BCUT2D eigenvalue weighted by Gasteiger charge is 2.35. The molecule has 1 aliphatic carbocycles. The van der Waals surface area contributed by atoms with Crippen molar-refractivity contribution in [1.29, 1.82) is 0 Å². The molecule has 0 radical (unpaired) electrons. The number of hydrogen-bond acceptors (Lipinski definition) is 5. The first kappa shape index (κ1) is 20.7. The zero-order valence-electron chi connectivity index (χ0n) is 15.9. The molecule has 2 heterocycles. The summed E-state index contributed by atoms with van der Waals surface area (Å²) in [6.07, 6.45) is 2.05. The van der Waals surface area contributed by atoms with Crippen molar-refractivity contribution in [2.75, 3.05) is 20.3 Å². The third-order valence-electron chi connectivity index (χ3n) is 5.30. The van der Waals surface area contributed by atoms with Crippen molar-refractivity contribution >= 4 is 5.91 Å². The van der Waals surface area contributed by atoms with Crippen molar-refractivity contribution in [3.8, 4) is 11.8 Å². The van der Waals surface area contributed by atoms with Crippen molar-refractivity contribution in [1.82, 2.24) is 15.6 Å². The number of nitrogens with one attached hydrogen (secondary N) is 2. The molecule has 6 nitrogen and oxygen atoms in total. The van der Waals surface area contributed by atoms with Gasteiger partial charge in [0.05, 0.1) is 19.8 Å². The fraction of sp³-hybridized carbons (Fsp3) is 0.684. The van der Waals surface area contributed by atoms with Crippen LogP contribution in [0.5, 0.6) is 11.8 Å². The molecule has 3 rings (SSSR count). The van der Waals surface area contributed by atoms with Gasteiger partial charge in [0.1, 0.15) is 0 Å². The van der Waals surface area contributed by atoms with Crippen LogP contribution < -0.4 is 20.1 Å². The molecule has 1 unspecified atom stereocenters. The number of ether oxygens (including phenoxy) is 2. The first-order valence-electron chi connectivity index (χ1n) is 9.63. The molecule has 156 valence electrons. The average molecular weight is 401 g/mol. The molecule has 1 atom stereocenters. The molecule has 1 aliphatic heterocycles. The predicted octanol–water partition coefficient (Wildman–Crippen LogP) is 2.80. The molecule has 0 spiro atoms. The van der Waals surface area contributed by atoms with Crippen LogP contribution in [0.25, 0.3) is 0 Å². The highest BCUT2D eigenvalue weighted by atomic mass is 19.3. The summed E-state index contributed by atoms with van der Waals surface area (Å²) in [6, 6.07) is 0.993. The lowest BCUT2D eigenvalue weighted by molar-refractivity contribution is -0.122. The van der Waals surface area contributed by atoms with Crippen LogP contribution >= 0.6 is 0 Å². The number of pyridine rings is 1. The number of methoxy groups -OCH3 is 1. The van der Waals surface area contributed by atoms with E-state index in [1.807, 2.05) is 0 Å². The van der Waals surface area contributed by atoms with Gasteiger partial charge in [-0.05, 0) is 44.2 Å². The molecule has 1 saturated carbocycles. The van der Waals surface area contributed by atoms with Gasteiger partial charge in [0.15, 0.2) is 5.82 Å². The van der Waals surface area contributed by atoms with Gasteiger partial charge < -0.3 is 20.1 Å². The molecule has 9 heteroatoms. The van der Waals surface area contributed by atoms with Crippen LogP contribution in [0.3, 0.4) is 0 Å². The highest BCUT2D eigenvalue weighted by Crippen LogP contribution is 2.36. The van der Waals surface area contributed by atoms with Crippen molar-refractivity contribution in [2.24, 2.45) is 5.92 Å². The predicted molar refractivity (Wildman–Crippen MR) is 96.0 cm³/mol. The lowest BCUT2D eigenvalue weighted by Gasteiger charge is -2.27. The van der Waals surface area contributed by atoms with E-state index in [0.29, 0.717) is 18.4 Å². The van der Waals surface area contributed by atoms with E-state index in [0.717, 1.165) is 19.4 Å². The van der Waals surface area contributed by atoms with E-state index >= 15 is 0 Å². The van der Waals surface area contributed by atoms with Gasteiger partial charge in [-0.15, -0.1) is 0 Å². The van der Waals surface area contributed by atoms with Crippen molar-refractivity contribution < 1.29 is 27.4 Å². The maximum atomic E-state index is 14.4. The lowest BCUT2D eigenvalue weighted by Crippen LogP contribution is -2.40. The number of amides is 1. The first-order chi connectivity index (χ1) is 13.4. The largest absolute Gasteiger partial charge is 0.481 e. The Morgan fingerprint density at radius 2 is 2.07 bits per heavy atom. The molecule has 2 fully saturated rings. The summed E-state index contributed by atoms with van der Waals surface area (Å²) in [5.41, 5.74) is 0.399. The molecule has 1 saturated heterocycles. The number of carbonyl (C=O) groups is 1. The molecule has 28 heavy (non-hydrogen) atoms. The summed E-state index contributed by atoms with van der Waals surface area (Å²) in [6.45, 7) is 1.02. The number of rotatable bonds is 7. The molecule has 1 aromatic rings. The lowest BCUT2D eigenvalue weighted by atomic mass is 9.87. The van der Waals surface area contributed by atoms with E-state index in [1.54, 1.807) is 0 Å². The zero-order valence-corrected chi connectivity index (χ0v) is 15.9. The van der Waals surface area contributed by atoms with Gasteiger partial charge in [-0.3, -0.25) is 4.79 Å². The first-order valence-corrected chi connectivity index (χ1v) is 9.63. The Hall–Kier alpha value is -2.03. The number of aromatic nitrogens is 1. The fourth-order valence-corrected chi connectivity index (χ4v) is 3.58. The van der Waals surface area contributed by atoms with E-state index in [9.17, 15) is 18.0 Å². The summed E-state index contributed by atoms with van der Waals surface area (Å²) < 4.78 is 51.4. The van der Waals surface area contributed by atoms with Crippen LogP contribution in [0.1, 0.15) is 44.1 Å². The van der Waals surface area contributed by atoms with E-state index in [4.69, 9.17) is 9.47 Å². The number of hydrogen-bond donors (Lipinski definition) is 2. The van der Waals surface area contributed by atoms with Gasteiger partial charge in [0, 0.05) is 24.9 Å². The van der Waals surface area contributed by atoms with Crippen LogP contribution in [0.2, 0.25) is 0 Å². The molecule has 0 bridgehead atoms. The maximum absolute atomic E-state index is 14.4. The molecule has 0 aromatic carbocycles. The second-order valence-corrected chi connectivity index (χ2v) is 7.42. The highest BCUT2D eigenvalue weighted by molar-refractivity contribution is 5.82. The Morgan fingerprint density at radius 1 is 1.32 bits per heavy atom. The van der Waals surface area contributed by atoms with Crippen molar-refractivity contribution in [3.05, 3.63) is 17.4 Å². The molecular weight excluding hydrogens is 375 g/mol.